The van der Waals surface area contributed by atoms with Crippen molar-refractivity contribution in [3.8, 4) is 11.5 Å². The van der Waals surface area contributed by atoms with Gasteiger partial charge >= 0.3 is 0 Å². The summed E-state index contributed by atoms with van der Waals surface area (Å²) in [4.78, 5) is 12.0. The fraction of sp³-hybridized carbons (Fsp3) is 0.227. The van der Waals surface area contributed by atoms with Gasteiger partial charge in [0.05, 0.1) is 0 Å². The van der Waals surface area contributed by atoms with Crippen molar-refractivity contribution >= 4 is 29.2 Å². The van der Waals surface area contributed by atoms with Gasteiger partial charge < -0.3 is 14.8 Å². The summed E-state index contributed by atoms with van der Waals surface area (Å²) in [5, 5.41) is 3.60. The molecule has 0 radical (unpaired) electrons. The molecule has 1 aliphatic heterocycles. The number of carbonyl (C=O) groups is 1. The number of amides is 1. The zero-order chi connectivity index (χ0) is 19.2. The van der Waals surface area contributed by atoms with Crippen LogP contribution in [0.2, 0.25) is 5.02 Å². The van der Waals surface area contributed by atoms with Crippen molar-refractivity contribution in [3.63, 3.8) is 0 Å². The topological polar surface area (TPSA) is 47.6 Å². The SMILES string of the molecule is CC(C)NC(=O)CC=C(C=Cc1ccc(Cl)cc1)c1ccc2c(c1)OCO2. The van der Waals surface area contributed by atoms with Crippen LogP contribution in [0.15, 0.2) is 54.6 Å². The van der Waals surface area contributed by atoms with Crippen molar-refractivity contribution in [2.75, 3.05) is 6.79 Å². The molecule has 0 aromatic heterocycles. The largest absolute Gasteiger partial charge is 0.454 e. The zero-order valence-corrected chi connectivity index (χ0v) is 16.1. The molecule has 1 aliphatic rings. The Morgan fingerprint density at radius 3 is 2.63 bits per heavy atom. The van der Waals surface area contributed by atoms with E-state index in [1.54, 1.807) is 0 Å². The van der Waals surface area contributed by atoms with Crippen LogP contribution in [0.1, 0.15) is 31.4 Å². The molecule has 27 heavy (non-hydrogen) atoms. The van der Waals surface area contributed by atoms with Crippen LogP contribution in [0.4, 0.5) is 0 Å². The Balaban J connectivity index is 1.86. The Hall–Kier alpha value is -2.72. The number of carbonyl (C=O) groups excluding carboxylic acids is 1. The molecule has 0 unspecified atom stereocenters. The first-order valence-electron chi connectivity index (χ1n) is 8.84. The molecule has 0 saturated carbocycles. The van der Waals surface area contributed by atoms with E-state index in [-0.39, 0.29) is 18.7 Å². The van der Waals surface area contributed by atoms with Crippen molar-refractivity contribution in [2.45, 2.75) is 26.3 Å². The lowest BCUT2D eigenvalue weighted by atomic mass is 10.0. The number of hydrogen-bond donors (Lipinski definition) is 1. The van der Waals surface area contributed by atoms with Gasteiger partial charge in [-0.25, -0.2) is 0 Å². The quantitative estimate of drug-likeness (QED) is 0.707. The highest BCUT2D eigenvalue weighted by Crippen LogP contribution is 2.35. The molecule has 0 bridgehead atoms. The maximum atomic E-state index is 12.0. The fourth-order valence-electron chi connectivity index (χ4n) is 2.70. The Bertz CT molecular complexity index is 870. The second-order valence-corrected chi connectivity index (χ2v) is 6.98. The molecule has 2 aromatic carbocycles. The highest BCUT2D eigenvalue weighted by Gasteiger charge is 2.14. The number of rotatable bonds is 6. The number of fused-ring (bicyclic) bond motifs is 1. The molecule has 0 aliphatic carbocycles. The number of benzene rings is 2. The van der Waals surface area contributed by atoms with Gasteiger partial charge in [0, 0.05) is 17.5 Å². The average molecular weight is 384 g/mol. The van der Waals surface area contributed by atoms with Gasteiger partial charge in [-0.15, -0.1) is 0 Å². The zero-order valence-electron chi connectivity index (χ0n) is 15.4. The minimum Gasteiger partial charge on any atom is -0.454 e. The lowest BCUT2D eigenvalue weighted by molar-refractivity contribution is -0.120. The van der Waals surface area contributed by atoms with Crippen LogP contribution in [0.5, 0.6) is 11.5 Å². The number of halogens is 1. The molecule has 1 N–H and O–H groups in total. The maximum absolute atomic E-state index is 12.0. The monoisotopic (exact) mass is 383 g/mol. The standard InChI is InChI=1S/C22H22ClNO3/c1-15(2)24-22(25)12-8-17(6-3-16-4-9-19(23)10-5-16)18-7-11-20-21(13-18)27-14-26-20/h3-11,13,15H,12,14H2,1-2H3,(H,24,25). The Morgan fingerprint density at radius 1 is 1.15 bits per heavy atom. The van der Waals surface area contributed by atoms with Gasteiger partial charge in [-0.3, -0.25) is 4.79 Å². The first-order chi connectivity index (χ1) is 13.0. The summed E-state index contributed by atoms with van der Waals surface area (Å²) in [6.45, 7) is 4.12. The molecule has 4 nitrogen and oxygen atoms in total. The number of allylic oxidation sites excluding steroid dienone is 2. The lowest BCUT2D eigenvalue weighted by Gasteiger charge is -2.08. The van der Waals surface area contributed by atoms with E-state index >= 15 is 0 Å². The van der Waals surface area contributed by atoms with Crippen LogP contribution in [0.3, 0.4) is 0 Å². The molecule has 0 saturated heterocycles. The Kier molecular flexibility index (Phi) is 6.20. The molecule has 2 aromatic rings. The van der Waals surface area contributed by atoms with Gasteiger partial charge in [0.1, 0.15) is 0 Å². The van der Waals surface area contributed by atoms with Gasteiger partial charge in [0.2, 0.25) is 12.7 Å². The molecular formula is C22H22ClNO3. The smallest absolute Gasteiger partial charge is 0.231 e. The van der Waals surface area contributed by atoms with E-state index in [2.05, 4.69) is 5.32 Å². The van der Waals surface area contributed by atoms with Crippen LogP contribution >= 0.6 is 11.6 Å². The molecule has 0 atom stereocenters. The Morgan fingerprint density at radius 2 is 1.89 bits per heavy atom. The fourth-order valence-corrected chi connectivity index (χ4v) is 2.83. The van der Waals surface area contributed by atoms with E-state index in [0.717, 1.165) is 22.4 Å². The predicted octanol–water partition coefficient (Wildman–Crippen LogP) is 5.08. The molecule has 140 valence electrons. The van der Waals surface area contributed by atoms with Crippen molar-refractivity contribution in [1.82, 2.24) is 5.32 Å². The van der Waals surface area contributed by atoms with Gasteiger partial charge in [0.25, 0.3) is 0 Å². The van der Waals surface area contributed by atoms with E-state index in [0.29, 0.717) is 17.2 Å². The van der Waals surface area contributed by atoms with E-state index in [1.165, 1.54) is 0 Å². The van der Waals surface area contributed by atoms with Crippen LogP contribution in [-0.4, -0.2) is 18.7 Å². The molecule has 1 amide bonds. The molecule has 0 fully saturated rings. The first kappa shape index (κ1) is 19.1. The number of hydrogen-bond acceptors (Lipinski definition) is 3. The summed E-state index contributed by atoms with van der Waals surface area (Å²) in [5.41, 5.74) is 2.92. The molecule has 3 rings (SSSR count). The van der Waals surface area contributed by atoms with Crippen molar-refractivity contribution in [3.05, 3.63) is 70.8 Å². The van der Waals surface area contributed by atoms with E-state index in [4.69, 9.17) is 21.1 Å². The summed E-state index contributed by atoms with van der Waals surface area (Å²) in [6.07, 6.45) is 6.20. The van der Waals surface area contributed by atoms with E-state index in [1.807, 2.05) is 74.5 Å². The van der Waals surface area contributed by atoms with Crippen LogP contribution in [0.25, 0.3) is 11.6 Å². The average Bonchev–Trinajstić information content (AvgIpc) is 3.10. The minimum atomic E-state index is -0.0110. The van der Waals surface area contributed by atoms with Crippen LogP contribution in [-0.2, 0) is 4.79 Å². The molecule has 1 heterocycles. The highest BCUT2D eigenvalue weighted by atomic mass is 35.5. The first-order valence-corrected chi connectivity index (χ1v) is 9.22. The summed E-state index contributed by atoms with van der Waals surface area (Å²) >= 11 is 5.94. The van der Waals surface area contributed by atoms with E-state index < -0.39 is 0 Å². The summed E-state index contributed by atoms with van der Waals surface area (Å²) in [5.74, 6) is 1.44. The molecule has 5 heteroatoms. The minimum absolute atomic E-state index is 0.0110. The summed E-state index contributed by atoms with van der Waals surface area (Å²) in [7, 11) is 0. The normalized spacial score (nSPS) is 13.4. The third-order valence-electron chi connectivity index (χ3n) is 3.99. The predicted molar refractivity (Wildman–Crippen MR) is 109 cm³/mol. The van der Waals surface area contributed by atoms with Crippen molar-refractivity contribution in [1.29, 1.82) is 0 Å². The van der Waals surface area contributed by atoms with Gasteiger partial charge in [-0.1, -0.05) is 48.0 Å². The highest BCUT2D eigenvalue weighted by molar-refractivity contribution is 6.30. The van der Waals surface area contributed by atoms with Gasteiger partial charge in [-0.05, 0) is 54.8 Å². The second kappa shape index (κ2) is 8.78. The Labute approximate surface area is 164 Å². The van der Waals surface area contributed by atoms with Crippen LogP contribution in [0, 0.1) is 0 Å². The lowest BCUT2D eigenvalue weighted by Crippen LogP contribution is -2.29. The van der Waals surface area contributed by atoms with Gasteiger partial charge in [0.15, 0.2) is 11.5 Å². The van der Waals surface area contributed by atoms with Crippen molar-refractivity contribution in [2.24, 2.45) is 0 Å². The third-order valence-corrected chi connectivity index (χ3v) is 4.24. The van der Waals surface area contributed by atoms with E-state index in [9.17, 15) is 4.79 Å². The van der Waals surface area contributed by atoms with Crippen LogP contribution < -0.4 is 14.8 Å². The second-order valence-electron chi connectivity index (χ2n) is 6.54. The summed E-state index contributed by atoms with van der Waals surface area (Å²) in [6, 6.07) is 13.5. The number of nitrogens with one attached hydrogen (secondary N) is 1. The van der Waals surface area contributed by atoms with Gasteiger partial charge in [-0.2, -0.15) is 0 Å². The molecule has 0 spiro atoms. The number of ether oxygens (including phenoxy) is 2. The summed E-state index contributed by atoms with van der Waals surface area (Å²) < 4.78 is 10.9. The third kappa shape index (κ3) is 5.38. The molecular weight excluding hydrogens is 362 g/mol. The maximum Gasteiger partial charge on any atom is 0.231 e. The van der Waals surface area contributed by atoms with Crippen molar-refractivity contribution < 1.29 is 14.3 Å².